The predicted octanol–water partition coefficient (Wildman–Crippen LogP) is -3.74. The number of primary amides is 1. The van der Waals surface area contributed by atoms with E-state index in [9.17, 15) is 29.1 Å². The van der Waals surface area contributed by atoms with E-state index in [1.165, 1.54) is 6.92 Å². The number of carbonyl (C=O) groups excluding carboxylic acids is 4. The summed E-state index contributed by atoms with van der Waals surface area (Å²) in [4.78, 5) is 58.5. The van der Waals surface area contributed by atoms with Gasteiger partial charge < -0.3 is 43.4 Å². The number of carbonyl (C=O) groups is 5. The molecule has 172 valence electrons. The van der Waals surface area contributed by atoms with Crippen molar-refractivity contribution in [3.05, 3.63) is 0 Å². The summed E-state index contributed by atoms with van der Waals surface area (Å²) in [5, 5.41) is 25.1. The second kappa shape index (κ2) is 14.3. The fraction of sp³-hybridized carbons (Fsp3) is 0.706. The van der Waals surface area contributed by atoms with Gasteiger partial charge in [-0.2, -0.15) is 0 Å². The highest BCUT2D eigenvalue weighted by molar-refractivity contribution is 5.94. The first-order chi connectivity index (χ1) is 14.0. The fourth-order valence-electron chi connectivity index (χ4n) is 2.31. The first-order valence-corrected chi connectivity index (χ1v) is 9.52. The number of aliphatic carboxylic acids is 1. The number of unbranched alkanes of at least 4 members (excludes halogenated alkanes) is 1. The summed E-state index contributed by atoms with van der Waals surface area (Å²) in [6.07, 6.45) is 1.13. The lowest BCUT2D eigenvalue weighted by Crippen LogP contribution is -2.57. The van der Waals surface area contributed by atoms with Gasteiger partial charge in [0.1, 0.15) is 18.1 Å². The number of nitrogens with one attached hydrogen (secondary N) is 3. The Labute approximate surface area is 174 Å². The van der Waals surface area contributed by atoms with Crippen LogP contribution >= 0.6 is 0 Å². The van der Waals surface area contributed by atoms with Crippen LogP contribution in [0.1, 0.15) is 39.0 Å². The molecule has 0 heterocycles. The summed E-state index contributed by atoms with van der Waals surface area (Å²) < 4.78 is 0. The molecule has 4 unspecified atom stereocenters. The maximum Gasteiger partial charge on any atom is 0.325 e. The predicted molar refractivity (Wildman–Crippen MR) is 105 cm³/mol. The van der Waals surface area contributed by atoms with Crippen molar-refractivity contribution in [2.75, 3.05) is 13.2 Å². The second-order valence-corrected chi connectivity index (χ2v) is 6.77. The highest BCUT2D eigenvalue weighted by Gasteiger charge is 2.28. The third-order valence-corrected chi connectivity index (χ3v) is 4.16. The Hall–Kier alpha value is -2.77. The van der Waals surface area contributed by atoms with Gasteiger partial charge in [0.05, 0.1) is 12.6 Å². The van der Waals surface area contributed by atoms with E-state index in [1.54, 1.807) is 0 Å². The minimum Gasteiger partial charge on any atom is -0.480 e. The van der Waals surface area contributed by atoms with Crippen molar-refractivity contribution in [3.63, 3.8) is 0 Å². The molecular formula is C17H32N6O7. The number of hydrogen-bond donors (Lipinski definition) is 8. The van der Waals surface area contributed by atoms with E-state index in [2.05, 4.69) is 16.0 Å². The largest absolute Gasteiger partial charge is 0.480 e. The molecule has 0 radical (unpaired) electrons. The van der Waals surface area contributed by atoms with Crippen LogP contribution in [0, 0.1) is 0 Å². The van der Waals surface area contributed by atoms with Gasteiger partial charge in [0.15, 0.2) is 0 Å². The van der Waals surface area contributed by atoms with Crippen LogP contribution in [0.4, 0.5) is 0 Å². The van der Waals surface area contributed by atoms with Crippen molar-refractivity contribution in [2.45, 2.75) is 63.2 Å². The molecule has 0 rings (SSSR count). The monoisotopic (exact) mass is 432 g/mol. The van der Waals surface area contributed by atoms with Crippen LogP contribution in [0.3, 0.4) is 0 Å². The van der Waals surface area contributed by atoms with Crippen molar-refractivity contribution in [2.24, 2.45) is 17.2 Å². The molecule has 13 nitrogen and oxygen atoms in total. The summed E-state index contributed by atoms with van der Waals surface area (Å²) in [6, 6.07) is -4.80. The minimum absolute atomic E-state index is 0.00689. The van der Waals surface area contributed by atoms with Gasteiger partial charge >= 0.3 is 5.97 Å². The summed E-state index contributed by atoms with van der Waals surface area (Å²) in [7, 11) is 0. The normalized spacial score (nSPS) is 14.7. The molecule has 13 heteroatoms. The number of nitrogens with two attached hydrogens (primary N) is 3. The standard InChI is InChI=1S/C17H32N6O7/c1-9(17(29)30)21-16(28)12(8-24)23-15(27)11(4-2-3-7-18)22-14(26)10(19)5-6-13(20)25/h9-12,24H,2-8,18-19H2,1H3,(H2,20,25)(H,21,28)(H,22,26)(H,23,27)(H,29,30). The van der Waals surface area contributed by atoms with E-state index in [1.807, 2.05) is 0 Å². The van der Waals surface area contributed by atoms with Crippen LogP contribution in [0.15, 0.2) is 0 Å². The quantitative estimate of drug-likeness (QED) is 0.118. The average Bonchev–Trinajstić information content (AvgIpc) is 2.68. The smallest absolute Gasteiger partial charge is 0.325 e. The van der Waals surface area contributed by atoms with Gasteiger partial charge in [-0.3, -0.25) is 24.0 Å². The lowest BCUT2D eigenvalue weighted by atomic mass is 10.1. The van der Waals surface area contributed by atoms with Gasteiger partial charge in [-0.25, -0.2) is 0 Å². The maximum atomic E-state index is 12.6. The number of carboxylic acid groups (broad SMARTS) is 1. The third kappa shape index (κ3) is 10.7. The number of hydrogen-bond acceptors (Lipinski definition) is 8. The van der Waals surface area contributed by atoms with Crippen LogP contribution in [-0.4, -0.2) is 77.1 Å². The van der Waals surface area contributed by atoms with Gasteiger partial charge in [-0.1, -0.05) is 0 Å². The molecule has 4 atom stereocenters. The number of aliphatic hydroxyl groups excluding tert-OH is 1. The van der Waals surface area contributed by atoms with Crippen LogP contribution < -0.4 is 33.2 Å². The van der Waals surface area contributed by atoms with Gasteiger partial charge in [0.2, 0.25) is 23.6 Å². The van der Waals surface area contributed by atoms with Crippen LogP contribution in [0.2, 0.25) is 0 Å². The summed E-state index contributed by atoms with van der Waals surface area (Å²) in [6.45, 7) is 0.806. The second-order valence-electron chi connectivity index (χ2n) is 6.77. The van der Waals surface area contributed by atoms with E-state index in [0.717, 1.165) is 0 Å². The maximum absolute atomic E-state index is 12.6. The van der Waals surface area contributed by atoms with Crippen molar-refractivity contribution >= 4 is 29.6 Å². The summed E-state index contributed by atoms with van der Waals surface area (Å²) in [5.41, 5.74) is 16.2. The fourth-order valence-corrected chi connectivity index (χ4v) is 2.31. The SMILES string of the molecule is CC(NC(=O)C(CO)NC(=O)C(CCCCN)NC(=O)C(N)CCC(N)=O)C(=O)O. The molecule has 0 aromatic heterocycles. The number of aliphatic hydroxyl groups is 1. The molecule has 30 heavy (non-hydrogen) atoms. The molecule has 11 N–H and O–H groups in total. The molecule has 0 aliphatic rings. The van der Waals surface area contributed by atoms with E-state index in [4.69, 9.17) is 22.3 Å². The molecule has 0 aliphatic carbocycles. The zero-order chi connectivity index (χ0) is 23.3. The average molecular weight is 432 g/mol. The van der Waals surface area contributed by atoms with Crippen LogP contribution in [0.5, 0.6) is 0 Å². The van der Waals surface area contributed by atoms with Crippen LogP contribution in [-0.2, 0) is 24.0 Å². The lowest BCUT2D eigenvalue weighted by Gasteiger charge is -2.24. The first kappa shape index (κ1) is 27.2. The molecule has 0 aromatic carbocycles. The van der Waals surface area contributed by atoms with Crippen molar-refractivity contribution in [1.29, 1.82) is 0 Å². The zero-order valence-electron chi connectivity index (χ0n) is 16.9. The van der Waals surface area contributed by atoms with E-state index < -0.39 is 60.4 Å². The molecule has 0 fully saturated rings. The number of carboxylic acids is 1. The summed E-state index contributed by atoms with van der Waals surface area (Å²) >= 11 is 0. The van der Waals surface area contributed by atoms with E-state index >= 15 is 0 Å². The Morgan fingerprint density at radius 3 is 1.97 bits per heavy atom. The molecular weight excluding hydrogens is 400 g/mol. The molecule has 0 aromatic rings. The van der Waals surface area contributed by atoms with Gasteiger partial charge in [-0.05, 0) is 39.2 Å². The van der Waals surface area contributed by atoms with Crippen molar-refractivity contribution < 1.29 is 34.2 Å². The third-order valence-electron chi connectivity index (χ3n) is 4.16. The molecule has 0 saturated heterocycles. The molecule has 0 spiro atoms. The first-order valence-electron chi connectivity index (χ1n) is 9.52. The Morgan fingerprint density at radius 2 is 1.47 bits per heavy atom. The van der Waals surface area contributed by atoms with Crippen molar-refractivity contribution in [1.82, 2.24) is 16.0 Å². The minimum atomic E-state index is -1.42. The molecule has 4 amide bonds. The van der Waals surface area contributed by atoms with Gasteiger partial charge in [0, 0.05) is 6.42 Å². The Balaban J connectivity index is 5.09. The zero-order valence-corrected chi connectivity index (χ0v) is 16.9. The Bertz CT molecular complexity index is 615. The Morgan fingerprint density at radius 1 is 0.900 bits per heavy atom. The number of amides is 4. The highest BCUT2D eigenvalue weighted by Crippen LogP contribution is 2.04. The highest BCUT2D eigenvalue weighted by atomic mass is 16.4. The molecule has 0 aliphatic heterocycles. The van der Waals surface area contributed by atoms with Gasteiger partial charge in [0.25, 0.3) is 0 Å². The Kier molecular flexibility index (Phi) is 12.9. The lowest BCUT2D eigenvalue weighted by molar-refractivity contribution is -0.142. The van der Waals surface area contributed by atoms with E-state index in [-0.39, 0.29) is 19.3 Å². The van der Waals surface area contributed by atoms with Gasteiger partial charge in [-0.15, -0.1) is 0 Å². The topological polar surface area (TPSA) is 240 Å². The number of rotatable bonds is 15. The van der Waals surface area contributed by atoms with Crippen LogP contribution in [0.25, 0.3) is 0 Å². The van der Waals surface area contributed by atoms with Crippen molar-refractivity contribution in [3.8, 4) is 0 Å². The molecule has 0 bridgehead atoms. The van der Waals surface area contributed by atoms with E-state index in [0.29, 0.717) is 19.4 Å². The summed E-state index contributed by atoms with van der Waals surface area (Å²) in [5.74, 6) is -4.26. The molecule has 0 saturated carbocycles.